The number of alkyl halides is 2. The monoisotopic (exact) mass is 351 g/mol. The van der Waals surface area contributed by atoms with Gasteiger partial charge in [-0.1, -0.05) is 6.07 Å². The Labute approximate surface area is 144 Å². The fourth-order valence-corrected chi connectivity index (χ4v) is 3.21. The van der Waals surface area contributed by atoms with Crippen LogP contribution in [0, 0.1) is 5.82 Å². The van der Waals surface area contributed by atoms with Crippen LogP contribution in [0.15, 0.2) is 36.9 Å². The molecule has 2 heterocycles. The number of rotatable bonds is 2. The zero-order chi connectivity index (χ0) is 18.3. The standard InChI is InChI=1S/C18H20F3N3O/c1-16(2)18(20,21)17(3,24-6-7-25-16)14-8-12(4-5-15(14)19)13-9-22-11-23-10-13/h4-5,8-11,24H,6-7H2,1-3H3/t17-/m1/s1. The summed E-state index contributed by atoms with van der Waals surface area (Å²) in [6.07, 6.45) is 4.48. The SMILES string of the molecule is CC1(C)OCCN[C@](C)(c2cc(-c3cncnc3)ccc2F)C1(F)F. The van der Waals surface area contributed by atoms with Gasteiger partial charge in [-0.3, -0.25) is 0 Å². The first-order valence-electron chi connectivity index (χ1n) is 8.01. The number of nitrogens with one attached hydrogen (secondary N) is 1. The van der Waals surface area contributed by atoms with Gasteiger partial charge in [0, 0.05) is 30.1 Å². The first-order valence-corrected chi connectivity index (χ1v) is 8.01. The molecule has 2 aromatic rings. The molecule has 1 fully saturated rings. The lowest BCUT2D eigenvalue weighted by Gasteiger charge is -2.44. The number of benzene rings is 1. The minimum Gasteiger partial charge on any atom is -0.368 e. The molecule has 1 aromatic carbocycles. The maximum absolute atomic E-state index is 15.3. The van der Waals surface area contributed by atoms with Gasteiger partial charge in [0.1, 0.15) is 23.3 Å². The predicted molar refractivity (Wildman–Crippen MR) is 87.8 cm³/mol. The highest BCUT2D eigenvalue weighted by atomic mass is 19.3. The molecule has 0 amide bonds. The van der Waals surface area contributed by atoms with Crippen LogP contribution in [-0.4, -0.2) is 34.6 Å². The molecule has 25 heavy (non-hydrogen) atoms. The molecule has 0 radical (unpaired) electrons. The molecular weight excluding hydrogens is 331 g/mol. The van der Waals surface area contributed by atoms with Crippen molar-refractivity contribution in [3.63, 3.8) is 0 Å². The topological polar surface area (TPSA) is 47.0 Å². The summed E-state index contributed by atoms with van der Waals surface area (Å²) in [7, 11) is 0. The largest absolute Gasteiger partial charge is 0.368 e. The highest BCUT2D eigenvalue weighted by Crippen LogP contribution is 2.48. The summed E-state index contributed by atoms with van der Waals surface area (Å²) >= 11 is 0. The normalized spacial score (nSPS) is 25.4. The quantitative estimate of drug-likeness (QED) is 0.899. The van der Waals surface area contributed by atoms with Gasteiger partial charge in [0.15, 0.2) is 0 Å². The number of hydrogen-bond donors (Lipinski definition) is 1. The van der Waals surface area contributed by atoms with Gasteiger partial charge in [-0.05, 0) is 38.5 Å². The summed E-state index contributed by atoms with van der Waals surface area (Å²) in [4.78, 5) is 7.84. The van der Waals surface area contributed by atoms with Crippen LogP contribution in [0.25, 0.3) is 11.1 Å². The van der Waals surface area contributed by atoms with E-state index in [0.29, 0.717) is 11.1 Å². The molecule has 0 aliphatic carbocycles. The molecule has 4 nitrogen and oxygen atoms in total. The smallest absolute Gasteiger partial charge is 0.297 e. The van der Waals surface area contributed by atoms with Crippen LogP contribution in [0.4, 0.5) is 13.2 Å². The molecule has 1 N–H and O–H groups in total. The minimum absolute atomic E-state index is 0.113. The lowest BCUT2D eigenvalue weighted by molar-refractivity contribution is -0.216. The van der Waals surface area contributed by atoms with Crippen LogP contribution in [-0.2, 0) is 10.3 Å². The zero-order valence-corrected chi connectivity index (χ0v) is 14.3. The van der Waals surface area contributed by atoms with Crippen molar-refractivity contribution >= 4 is 0 Å². The molecule has 1 aliphatic rings. The molecule has 0 spiro atoms. The third-order valence-corrected chi connectivity index (χ3v) is 4.83. The van der Waals surface area contributed by atoms with E-state index in [9.17, 15) is 4.39 Å². The van der Waals surface area contributed by atoms with Crippen LogP contribution in [0.3, 0.4) is 0 Å². The van der Waals surface area contributed by atoms with E-state index in [2.05, 4.69) is 15.3 Å². The van der Waals surface area contributed by atoms with Crippen LogP contribution < -0.4 is 5.32 Å². The number of ether oxygens (including phenoxy) is 1. The number of aromatic nitrogens is 2. The van der Waals surface area contributed by atoms with E-state index >= 15 is 8.78 Å². The number of nitrogens with zero attached hydrogens (tertiary/aromatic N) is 2. The highest BCUT2D eigenvalue weighted by Gasteiger charge is 2.63. The summed E-state index contributed by atoms with van der Waals surface area (Å²) in [5.41, 5.74) is -2.59. The van der Waals surface area contributed by atoms with Crippen molar-refractivity contribution < 1.29 is 17.9 Å². The molecular formula is C18H20F3N3O. The molecule has 1 aromatic heterocycles. The van der Waals surface area contributed by atoms with Crippen molar-refractivity contribution in [2.24, 2.45) is 0 Å². The maximum atomic E-state index is 15.3. The second-order valence-electron chi connectivity index (χ2n) is 6.81. The van der Waals surface area contributed by atoms with Gasteiger partial charge in [0.25, 0.3) is 5.92 Å². The van der Waals surface area contributed by atoms with Crippen molar-refractivity contribution in [3.05, 3.63) is 48.3 Å². The van der Waals surface area contributed by atoms with E-state index in [1.807, 2.05) is 0 Å². The van der Waals surface area contributed by atoms with Crippen LogP contribution in [0.1, 0.15) is 26.3 Å². The Hall–Kier alpha value is -1.99. The van der Waals surface area contributed by atoms with Gasteiger partial charge in [-0.25, -0.2) is 23.1 Å². The lowest BCUT2D eigenvalue weighted by atomic mass is 9.77. The summed E-state index contributed by atoms with van der Waals surface area (Å²) in [6, 6.07) is 4.15. The van der Waals surface area contributed by atoms with Crippen molar-refractivity contribution in [2.75, 3.05) is 13.2 Å². The summed E-state index contributed by atoms with van der Waals surface area (Å²) in [6.45, 7) is 4.27. The second-order valence-corrected chi connectivity index (χ2v) is 6.81. The zero-order valence-electron chi connectivity index (χ0n) is 14.3. The molecule has 0 saturated carbocycles. The van der Waals surface area contributed by atoms with E-state index in [-0.39, 0.29) is 18.7 Å². The fourth-order valence-electron chi connectivity index (χ4n) is 3.21. The number of hydrogen-bond acceptors (Lipinski definition) is 4. The molecule has 1 saturated heterocycles. The van der Waals surface area contributed by atoms with E-state index in [4.69, 9.17) is 4.74 Å². The lowest BCUT2D eigenvalue weighted by Crippen LogP contribution is -2.61. The van der Waals surface area contributed by atoms with Crippen LogP contribution in [0.5, 0.6) is 0 Å². The van der Waals surface area contributed by atoms with Crippen molar-refractivity contribution in [1.82, 2.24) is 15.3 Å². The van der Waals surface area contributed by atoms with Crippen molar-refractivity contribution in [2.45, 2.75) is 37.8 Å². The van der Waals surface area contributed by atoms with E-state index in [0.717, 1.165) is 0 Å². The molecule has 1 aliphatic heterocycles. The van der Waals surface area contributed by atoms with Gasteiger partial charge >= 0.3 is 0 Å². The Kier molecular flexibility index (Phi) is 4.33. The average Bonchev–Trinajstić information content (AvgIpc) is 2.66. The van der Waals surface area contributed by atoms with Crippen LogP contribution in [0.2, 0.25) is 0 Å². The first-order chi connectivity index (χ1) is 11.7. The Balaban J connectivity index is 2.16. The highest BCUT2D eigenvalue weighted by molar-refractivity contribution is 5.63. The van der Waals surface area contributed by atoms with Gasteiger partial charge in [0.2, 0.25) is 0 Å². The minimum atomic E-state index is -3.36. The van der Waals surface area contributed by atoms with E-state index in [1.165, 1.54) is 45.3 Å². The van der Waals surface area contributed by atoms with Crippen molar-refractivity contribution in [3.8, 4) is 11.1 Å². The summed E-state index contributed by atoms with van der Waals surface area (Å²) in [5, 5.41) is 2.79. The molecule has 0 bridgehead atoms. The van der Waals surface area contributed by atoms with E-state index < -0.39 is 22.9 Å². The van der Waals surface area contributed by atoms with Gasteiger partial charge in [-0.2, -0.15) is 0 Å². The Morgan fingerprint density at radius 2 is 1.76 bits per heavy atom. The summed E-state index contributed by atoms with van der Waals surface area (Å²) < 4.78 is 50.5. The van der Waals surface area contributed by atoms with Crippen molar-refractivity contribution in [1.29, 1.82) is 0 Å². The van der Waals surface area contributed by atoms with E-state index in [1.54, 1.807) is 12.4 Å². The average molecular weight is 351 g/mol. The first kappa shape index (κ1) is 17.8. The molecule has 3 rings (SSSR count). The Morgan fingerprint density at radius 3 is 2.44 bits per heavy atom. The van der Waals surface area contributed by atoms with Gasteiger partial charge < -0.3 is 10.1 Å². The van der Waals surface area contributed by atoms with Crippen LogP contribution >= 0.6 is 0 Å². The third-order valence-electron chi connectivity index (χ3n) is 4.83. The predicted octanol–water partition coefficient (Wildman–Crippen LogP) is 3.53. The van der Waals surface area contributed by atoms with Gasteiger partial charge in [-0.15, -0.1) is 0 Å². The maximum Gasteiger partial charge on any atom is 0.297 e. The fraction of sp³-hybridized carbons (Fsp3) is 0.444. The second kappa shape index (κ2) is 6.07. The molecule has 134 valence electrons. The summed E-state index contributed by atoms with van der Waals surface area (Å²) in [5.74, 6) is -4.06. The molecule has 7 heteroatoms. The Morgan fingerprint density at radius 1 is 1.08 bits per heavy atom. The van der Waals surface area contributed by atoms with Gasteiger partial charge in [0.05, 0.1) is 6.61 Å². The third kappa shape index (κ3) is 2.81. The molecule has 0 unspecified atom stereocenters. The Bertz CT molecular complexity index is 767. The number of halogens is 3. The molecule has 1 atom stereocenters.